The first-order chi connectivity index (χ1) is 13.4. The van der Waals surface area contributed by atoms with Gasteiger partial charge in [0, 0.05) is 32.6 Å². The van der Waals surface area contributed by atoms with Crippen LogP contribution in [-0.2, 0) is 14.3 Å². The topological polar surface area (TPSA) is 88.5 Å². The summed E-state index contributed by atoms with van der Waals surface area (Å²) in [4.78, 5) is 25.5. The van der Waals surface area contributed by atoms with E-state index in [4.69, 9.17) is 4.74 Å². The van der Waals surface area contributed by atoms with Crippen LogP contribution in [0.2, 0.25) is 0 Å². The molecule has 1 unspecified atom stereocenters. The Morgan fingerprint density at radius 1 is 1.36 bits per heavy atom. The fourth-order valence-electron chi connectivity index (χ4n) is 3.09. The first-order valence-electron chi connectivity index (χ1n) is 9.12. The van der Waals surface area contributed by atoms with E-state index in [9.17, 15) is 14.0 Å². The Morgan fingerprint density at radius 3 is 2.89 bits per heavy atom. The minimum absolute atomic E-state index is 0.116. The molecule has 0 spiro atoms. The Labute approximate surface area is 162 Å². The van der Waals surface area contributed by atoms with Crippen LogP contribution in [0.5, 0.6) is 0 Å². The first kappa shape index (κ1) is 20.0. The smallest absolute Gasteiger partial charge is 0.239 e. The molecule has 1 aliphatic rings. The van der Waals surface area contributed by atoms with E-state index >= 15 is 0 Å². The number of carbonyl (C=O) groups is 2. The third-order valence-corrected chi connectivity index (χ3v) is 4.35. The highest BCUT2D eigenvalue weighted by Gasteiger charge is 2.23. The second-order valence-corrected chi connectivity index (χ2v) is 6.75. The molecule has 28 heavy (non-hydrogen) atoms. The van der Waals surface area contributed by atoms with E-state index in [-0.39, 0.29) is 30.2 Å². The second kappa shape index (κ2) is 8.94. The predicted molar refractivity (Wildman–Crippen MR) is 102 cm³/mol. The quantitative estimate of drug-likeness (QED) is 0.772. The number of para-hydroxylation sites is 1. The number of benzene rings is 1. The van der Waals surface area contributed by atoms with E-state index in [0.717, 1.165) is 0 Å². The maximum Gasteiger partial charge on any atom is 0.239 e. The van der Waals surface area contributed by atoms with Crippen LogP contribution >= 0.6 is 0 Å². The van der Waals surface area contributed by atoms with Gasteiger partial charge in [0.05, 0.1) is 24.9 Å². The summed E-state index contributed by atoms with van der Waals surface area (Å²) in [5, 5.41) is 9.82. The zero-order chi connectivity index (χ0) is 20.1. The zero-order valence-corrected chi connectivity index (χ0v) is 15.9. The van der Waals surface area contributed by atoms with E-state index < -0.39 is 5.82 Å². The highest BCUT2D eigenvalue weighted by molar-refractivity contribution is 5.91. The molecule has 0 radical (unpaired) electrons. The number of hydrogen-bond acceptors (Lipinski definition) is 5. The predicted octanol–water partition coefficient (Wildman–Crippen LogP) is 1.10. The number of aryl methyl sites for hydroxylation is 1. The molecule has 2 aromatic rings. The van der Waals surface area contributed by atoms with Gasteiger partial charge in [-0.05, 0) is 19.1 Å². The van der Waals surface area contributed by atoms with Gasteiger partial charge in [0.15, 0.2) is 0 Å². The first-order valence-corrected chi connectivity index (χ1v) is 9.12. The molecule has 150 valence electrons. The van der Waals surface area contributed by atoms with E-state index in [1.54, 1.807) is 31.2 Å². The van der Waals surface area contributed by atoms with Crippen molar-refractivity contribution in [3.8, 4) is 5.69 Å². The molecule has 9 heteroatoms. The van der Waals surface area contributed by atoms with Gasteiger partial charge in [0.2, 0.25) is 11.8 Å². The molecule has 2 amide bonds. The van der Waals surface area contributed by atoms with Crippen molar-refractivity contribution >= 4 is 17.6 Å². The highest BCUT2D eigenvalue weighted by atomic mass is 19.1. The number of amides is 2. The number of carbonyl (C=O) groups excluding carboxylic acids is 2. The Bertz CT molecular complexity index is 854. The van der Waals surface area contributed by atoms with E-state index in [0.29, 0.717) is 37.8 Å². The lowest BCUT2D eigenvalue weighted by Gasteiger charge is -2.32. The number of rotatable bonds is 6. The van der Waals surface area contributed by atoms with Crippen molar-refractivity contribution in [3.05, 3.63) is 41.8 Å². The molecule has 2 N–H and O–H groups in total. The molecule has 0 saturated carbocycles. The van der Waals surface area contributed by atoms with Crippen molar-refractivity contribution in [3.63, 3.8) is 0 Å². The minimum atomic E-state index is -0.421. The van der Waals surface area contributed by atoms with Crippen LogP contribution in [0.25, 0.3) is 5.69 Å². The van der Waals surface area contributed by atoms with Crippen molar-refractivity contribution in [2.75, 3.05) is 38.1 Å². The molecule has 1 atom stereocenters. The van der Waals surface area contributed by atoms with Gasteiger partial charge >= 0.3 is 0 Å². The van der Waals surface area contributed by atoms with Gasteiger partial charge in [0.25, 0.3) is 0 Å². The highest BCUT2D eigenvalue weighted by Crippen LogP contribution is 2.19. The largest absolute Gasteiger partial charge is 0.374 e. The maximum atomic E-state index is 14.1. The Balaban J connectivity index is 1.63. The van der Waals surface area contributed by atoms with Gasteiger partial charge in [-0.25, -0.2) is 9.07 Å². The Hall–Kier alpha value is -2.78. The number of aromatic nitrogens is 2. The lowest BCUT2D eigenvalue weighted by atomic mass is 10.2. The number of nitrogens with zero attached hydrogens (tertiary/aromatic N) is 3. The average molecular weight is 389 g/mol. The van der Waals surface area contributed by atoms with Gasteiger partial charge in [-0.1, -0.05) is 12.1 Å². The summed E-state index contributed by atoms with van der Waals surface area (Å²) in [7, 11) is 0. The number of nitrogens with one attached hydrogen (secondary N) is 2. The number of ether oxygens (including phenoxy) is 1. The number of anilines is 1. The van der Waals surface area contributed by atoms with Gasteiger partial charge in [0.1, 0.15) is 17.3 Å². The maximum absolute atomic E-state index is 14.1. The summed E-state index contributed by atoms with van der Waals surface area (Å²) in [6, 6.07) is 7.96. The molecular weight excluding hydrogens is 365 g/mol. The van der Waals surface area contributed by atoms with Crippen LogP contribution in [0.4, 0.5) is 10.2 Å². The minimum Gasteiger partial charge on any atom is -0.374 e. The van der Waals surface area contributed by atoms with Gasteiger partial charge in [-0.15, -0.1) is 0 Å². The van der Waals surface area contributed by atoms with Gasteiger partial charge in [-0.2, -0.15) is 5.10 Å². The third kappa shape index (κ3) is 5.14. The van der Waals surface area contributed by atoms with Crippen molar-refractivity contribution in [1.82, 2.24) is 20.0 Å². The molecule has 1 aromatic heterocycles. The summed E-state index contributed by atoms with van der Waals surface area (Å²) in [5.74, 6) is -0.348. The summed E-state index contributed by atoms with van der Waals surface area (Å²) in [6.45, 7) is 5.46. The van der Waals surface area contributed by atoms with Crippen LogP contribution in [0.3, 0.4) is 0 Å². The molecular formula is C19H24FN5O3. The Kier molecular flexibility index (Phi) is 6.37. The molecule has 0 bridgehead atoms. The lowest BCUT2D eigenvalue weighted by molar-refractivity contribution is -0.122. The van der Waals surface area contributed by atoms with Crippen LogP contribution < -0.4 is 10.6 Å². The lowest BCUT2D eigenvalue weighted by Crippen LogP contribution is -2.49. The SMILES string of the molecule is CC(=O)NCC1CN(CC(=O)Nc2cc(C)nn2-c2ccccc2F)CCO1. The standard InChI is InChI=1S/C19H24FN5O3/c1-13-9-18(25(23-13)17-6-4-3-5-16(17)20)22-19(27)12-24-7-8-28-15(11-24)10-21-14(2)26/h3-6,9,15H,7-8,10-12H2,1-2H3,(H,21,26)(H,22,27). The molecule has 1 fully saturated rings. The van der Waals surface area contributed by atoms with Gasteiger partial charge in [-0.3, -0.25) is 14.5 Å². The summed E-state index contributed by atoms with van der Waals surface area (Å²) in [5.41, 5.74) is 0.938. The fourth-order valence-corrected chi connectivity index (χ4v) is 3.09. The fraction of sp³-hybridized carbons (Fsp3) is 0.421. The molecule has 1 aliphatic heterocycles. The summed E-state index contributed by atoms with van der Waals surface area (Å²) >= 11 is 0. The van der Waals surface area contributed by atoms with Gasteiger partial charge < -0.3 is 15.4 Å². The molecule has 8 nitrogen and oxygen atoms in total. The molecule has 0 aliphatic carbocycles. The summed E-state index contributed by atoms with van der Waals surface area (Å²) in [6.07, 6.45) is -0.156. The summed E-state index contributed by atoms with van der Waals surface area (Å²) < 4.78 is 21.1. The second-order valence-electron chi connectivity index (χ2n) is 6.75. The third-order valence-electron chi connectivity index (χ3n) is 4.35. The van der Waals surface area contributed by atoms with Crippen molar-refractivity contribution < 1.29 is 18.7 Å². The van der Waals surface area contributed by atoms with Crippen LogP contribution in [0.15, 0.2) is 30.3 Å². The zero-order valence-electron chi connectivity index (χ0n) is 15.9. The van der Waals surface area contributed by atoms with Crippen LogP contribution in [0, 0.1) is 12.7 Å². The number of morpholine rings is 1. The Morgan fingerprint density at radius 2 is 2.14 bits per heavy atom. The van der Waals surface area contributed by atoms with E-state index in [1.807, 2.05) is 4.90 Å². The molecule has 1 saturated heterocycles. The normalized spacial score (nSPS) is 17.3. The van der Waals surface area contributed by atoms with E-state index in [1.165, 1.54) is 17.7 Å². The molecule has 3 rings (SSSR count). The van der Waals surface area contributed by atoms with Crippen molar-refractivity contribution in [2.24, 2.45) is 0 Å². The van der Waals surface area contributed by atoms with Crippen LogP contribution in [-0.4, -0.2) is 65.4 Å². The number of halogens is 1. The van der Waals surface area contributed by atoms with E-state index in [2.05, 4.69) is 15.7 Å². The van der Waals surface area contributed by atoms with Crippen LogP contribution in [0.1, 0.15) is 12.6 Å². The monoisotopic (exact) mass is 389 g/mol. The van der Waals surface area contributed by atoms with Crippen molar-refractivity contribution in [1.29, 1.82) is 0 Å². The average Bonchev–Trinajstić information content (AvgIpc) is 3.00. The molecule has 2 heterocycles. The van der Waals surface area contributed by atoms with Crippen molar-refractivity contribution in [2.45, 2.75) is 20.0 Å². The molecule has 1 aromatic carbocycles. The number of hydrogen-bond donors (Lipinski definition) is 2.